The molecule has 0 radical (unpaired) electrons. The minimum Gasteiger partial charge on any atom is -0.376 e. The number of ether oxygens (including phenoxy) is 1. The van der Waals surface area contributed by atoms with Crippen LogP contribution in [-0.2, 0) is 4.74 Å². The lowest BCUT2D eigenvalue weighted by atomic mass is 9.97. The maximum absolute atomic E-state index is 13.2. The molecule has 0 bridgehead atoms. The van der Waals surface area contributed by atoms with E-state index in [9.17, 15) is 9.59 Å². The molecule has 4 rings (SSSR count). The number of urea groups is 1. The topological polar surface area (TPSA) is 82.7 Å². The van der Waals surface area contributed by atoms with Crippen LogP contribution >= 0.6 is 11.6 Å². The van der Waals surface area contributed by atoms with Crippen LogP contribution in [0.3, 0.4) is 0 Å². The van der Waals surface area contributed by atoms with Gasteiger partial charge in [0, 0.05) is 48.3 Å². The molecule has 2 aromatic rings. The lowest BCUT2D eigenvalue weighted by molar-refractivity contribution is 0.0858. The highest BCUT2D eigenvalue weighted by Crippen LogP contribution is 2.29. The second-order valence-electron chi connectivity index (χ2n) is 8.83. The van der Waals surface area contributed by atoms with Crippen LogP contribution in [-0.4, -0.2) is 44.3 Å². The zero-order chi connectivity index (χ0) is 23.2. The summed E-state index contributed by atoms with van der Waals surface area (Å²) >= 11 is 5.90. The van der Waals surface area contributed by atoms with Crippen molar-refractivity contribution in [2.75, 3.05) is 41.8 Å². The summed E-state index contributed by atoms with van der Waals surface area (Å²) in [5.41, 5.74) is 2.64. The molecule has 33 heavy (non-hydrogen) atoms. The van der Waals surface area contributed by atoms with Crippen LogP contribution in [0.4, 0.5) is 21.9 Å². The Labute approximate surface area is 199 Å². The number of benzene rings is 2. The normalized spacial score (nSPS) is 18.7. The molecule has 176 valence electrons. The summed E-state index contributed by atoms with van der Waals surface area (Å²) in [5, 5.41) is 9.23. The van der Waals surface area contributed by atoms with Crippen LogP contribution in [0.15, 0.2) is 42.5 Å². The second kappa shape index (κ2) is 10.9. The fraction of sp³-hybridized carbons (Fsp3) is 0.440. The van der Waals surface area contributed by atoms with Crippen molar-refractivity contribution < 1.29 is 14.3 Å². The van der Waals surface area contributed by atoms with E-state index in [0.29, 0.717) is 34.4 Å². The molecule has 8 heteroatoms. The monoisotopic (exact) mass is 470 g/mol. The molecule has 0 aromatic heterocycles. The molecule has 3 N–H and O–H groups in total. The van der Waals surface area contributed by atoms with Gasteiger partial charge in [-0.05, 0) is 74.1 Å². The van der Waals surface area contributed by atoms with E-state index in [-0.39, 0.29) is 18.0 Å². The van der Waals surface area contributed by atoms with Gasteiger partial charge in [-0.25, -0.2) is 4.79 Å². The van der Waals surface area contributed by atoms with Crippen LogP contribution in [0.2, 0.25) is 5.02 Å². The second-order valence-corrected chi connectivity index (χ2v) is 9.27. The van der Waals surface area contributed by atoms with Crippen LogP contribution in [0.5, 0.6) is 0 Å². The van der Waals surface area contributed by atoms with E-state index in [2.05, 4.69) is 27.8 Å². The highest BCUT2D eigenvalue weighted by atomic mass is 35.5. The van der Waals surface area contributed by atoms with Gasteiger partial charge < -0.3 is 25.6 Å². The number of anilines is 3. The van der Waals surface area contributed by atoms with Crippen molar-refractivity contribution in [3.05, 3.63) is 53.1 Å². The molecule has 3 amide bonds. The Balaban J connectivity index is 1.48. The molecular weight excluding hydrogens is 440 g/mol. The van der Waals surface area contributed by atoms with Gasteiger partial charge in [0.05, 0.1) is 11.7 Å². The first-order valence-corrected chi connectivity index (χ1v) is 12.0. The van der Waals surface area contributed by atoms with Gasteiger partial charge in [-0.2, -0.15) is 0 Å². The minimum atomic E-state index is -0.386. The predicted octanol–water partition coefficient (Wildman–Crippen LogP) is 5.13. The molecule has 2 heterocycles. The standard InChI is InChI=1S/C25H31ClN4O3/c1-17-10-12-30(13-11-17)23-9-8-20(29-25(32)28-19-6-4-18(26)5-7-19)15-22(23)24(31)27-16-21-3-2-14-33-21/h4-9,15,17,21H,2-3,10-14,16H2,1H3,(H,27,31)(H2,28,29,32)/t21-/m1/s1. The lowest BCUT2D eigenvalue weighted by Crippen LogP contribution is -2.36. The summed E-state index contributed by atoms with van der Waals surface area (Å²) in [7, 11) is 0. The van der Waals surface area contributed by atoms with Crippen LogP contribution in [0, 0.1) is 5.92 Å². The zero-order valence-electron chi connectivity index (χ0n) is 18.9. The fourth-order valence-electron chi connectivity index (χ4n) is 4.25. The van der Waals surface area contributed by atoms with Crippen molar-refractivity contribution in [2.24, 2.45) is 5.92 Å². The van der Waals surface area contributed by atoms with Gasteiger partial charge in [-0.3, -0.25) is 4.79 Å². The van der Waals surface area contributed by atoms with Crippen molar-refractivity contribution in [1.29, 1.82) is 0 Å². The molecular formula is C25H31ClN4O3. The average molecular weight is 471 g/mol. The van der Waals surface area contributed by atoms with Gasteiger partial charge in [-0.1, -0.05) is 18.5 Å². The van der Waals surface area contributed by atoms with Crippen molar-refractivity contribution in [1.82, 2.24) is 5.32 Å². The molecule has 2 aliphatic heterocycles. The third-order valence-electron chi connectivity index (χ3n) is 6.24. The van der Waals surface area contributed by atoms with Gasteiger partial charge in [0.25, 0.3) is 5.91 Å². The van der Waals surface area contributed by atoms with Gasteiger partial charge >= 0.3 is 6.03 Å². The number of carbonyl (C=O) groups excluding carboxylic acids is 2. The van der Waals surface area contributed by atoms with E-state index in [1.54, 1.807) is 30.3 Å². The molecule has 0 aliphatic carbocycles. The van der Waals surface area contributed by atoms with Crippen LogP contribution in [0.25, 0.3) is 0 Å². The number of nitrogens with one attached hydrogen (secondary N) is 3. The molecule has 2 aliphatic rings. The smallest absolute Gasteiger partial charge is 0.323 e. The molecule has 0 spiro atoms. The average Bonchev–Trinajstić information content (AvgIpc) is 3.33. The van der Waals surface area contributed by atoms with Gasteiger partial charge in [-0.15, -0.1) is 0 Å². The van der Waals surface area contributed by atoms with E-state index in [1.807, 2.05) is 12.1 Å². The quantitative estimate of drug-likeness (QED) is 0.546. The van der Waals surface area contributed by atoms with E-state index in [4.69, 9.17) is 16.3 Å². The highest BCUT2D eigenvalue weighted by Gasteiger charge is 2.23. The number of carbonyl (C=O) groups is 2. The van der Waals surface area contributed by atoms with Gasteiger partial charge in [0.2, 0.25) is 0 Å². The summed E-state index contributed by atoms with van der Waals surface area (Å²) in [6.07, 6.45) is 4.25. The maximum Gasteiger partial charge on any atom is 0.323 e. The Morgan fingerprint density at radius 1 is 1.03 bits per heavy atom. The third-order valence-corrected chi connectivity index (χ3v) is 6.49. The van der Waals surface area contributed by atoms with Crippen molar-refractivity contribution in [2.45, 2.75) is 38.7 Å². The van der Waals surface area contributed by atoms with Crippen molar-refractivity contribution in [3.63, 3.8) is 0 Å². The molecule has 2 saturated heterocycles. The summed E-state index contributed by atoms with van der Waals surface area (Å²) in [5.74, 6) is 0.538. The number of hydrogen-bond donors (Lipinski definition) is 3. The van der Waals surface area contributed by atoms with E-state index < -0.39 is 0 Å². The number of halogens is 1. The summed E-state index contributed by atoms with van der Waals surface area (Å²) in [6.45, 7) is 5.33. The Morgan fingerprint density at radius 2 is 1.73 bits per heavy atom. The molecule has 2 fully saturated rings. The largest absolute Gasteiger partial charge is 0.376 e. The highest BCUT2D eigenvalue weighted by molar-refractivity contribution is 6.30. The zero-order valence-corrected chi connectivity index (χ0v) is 19.7. The molecule has 2 aromatic carbocycles. The Morgan fingerprint density at radius 3 is 2.42 bits per heavy atom. The Hall–Kier alpha value is -2.77. The Kier molecular flexibility index (Phi) is 7.73. The first kappa shape index (κ1) is 23.4. The molecule has 0 saturated carbocycles. The van der Waals surface area contributed by atoms with Crippen LogP contribution in [0.1, 0.15) is 43.0 Å². The number of nitrogens with zero attached hydrogens (tertiary/aromatic N) is 1. The summed E-state index contributed by atoms with van der Waals surface area (Å²) in [6, 6.07) is 12.0. The molecule has 7 nitrogen and oxygen atoms in total. The first-order valence-electron chi connectivity index (χ1n) is 11.6. The number of hydrogen-bond acceptors (Lipinski definition) is 4. The predicted molar refractivity (Wildman–Crippen MR) is 132 cm³/mol. The first-order chi connectivity index (χ1) is 16.0. The van der Waals surface area contributed by atoms with Crippen molar-refractivity contribution >= 4 is 40.6 Å². The van der Waals surface area contributed by atoms with Gasteiger partial charge in [0.15, 0.2) is 0 Å². The molecule has 0 unspecified atom stereocenters. The number of piperidine rings is 1. The SMILES string of the molecule is CC1CCN(c2ccc(NC(=O)Nc3ccc(Cl)cc3)cc2C(=O)NC[C@H]2CCCO2)CC1. The molecule has 1 atom stereocenters. The Bertz CT molecular complexity index is 968. The minimum absolute atomic E-state index is 0.0692. The summed E-state index contributed by atoms with van der Waals surface area (Å²) in [4.78, 5) is 27.9. The number of rotatable bonds is 6. The number of amides is 3. The van der Waals surface area contributed by atoms with Crippen LogP contribution < -0.4 is 20.9 Å². The van der Waals surface area contributed by atoms with E-state index >= 15 is 0 Å². The summed E-state index contributed by atoms with van der Waals surface area (Å²) < 4.78 is 5.64. The van der Waals surface area contributed by atoms with Gasteiger partial charge in [0.1, 0.15) is 0 Å². The van der Waals surface area contributed by atoms with E-state index in [0.717, 1.165) is 51.1 Å². The maximum atomic E-state index is 13.2. The fourth-order valence-corrected chi connectivity index (χ4v) is 4.38. The van der Waals surface area contributed by atoms with Crippen molar-refractivity contribution in [3.8, 4) is 0 Å². The van der Waals surface area contributed by atoms with E-state index in [1.165, 1.54) is 0 Å². The lowest BCUT2D eigenvalue weighted by Gasteiger charge is -2.33. The third kappa shape index (κ3) is 6.39.